The summed E-state index contributed by atoms with van der Waals surface area (Å²) in [7, 11) is -3.06. The maximum absolute atomic E-state index is 11.9. The van der Waals surface area contributed by atoms with Crippen molar-refractivity contribution in [3.05, 3.63) is 71.9 Å². The normalized spacial score (nSPS) is 11.8. The van der Waals surface area contributed by atoms with Gasteiger partial charge in [-0.25, -0.2) is 10.1 Å². The number of benzene rings is 4. The monoisotopic (exact) mass is 761 g/mol. The van der Waals surface area contributed by atoms with E-state index >= 15 is 0 Å². The van der Waals surface area contributed by atoms with Crippen molar-refractivity contribution in [1.29, 1.82) is 0 Å². The molecule has 0 atom stereocenters. The predicted molar refractivity (Wildman–Crippen MR) is 166 cm³/mol. The van der Waals surface area contributed by atoms with Crippen molar-refractivity contribution in [1.82, 2.24) is 9.78 Å². The Kier molecular flexibility index (Phi) is 11.2. The van der Waals surface area contributed by atoms with Crippen LogP contribution in [0, 0.1) is 6.92 Å². The van der Waals surface area contributed by atoms with Gasteiger partial charge >= 0.3 is 5.97 Å². The van der Waals surface area contributed by atoms with Crippen LogP contribution < -0.4 is 4.74 Å². The summed E-state index contributed by atoms with van der Waals surface area (Å²) in [5.41, 5.74) is -0.616. The largest absolute Gasteiger partial charge is 0.506 e. The van der Waals surface area contributed by atoms with Crippen LogP contribution in [0.15, 0.2) is 90.9 Å². The second-order valence-corrected chi connectivity index (χ2v) is 11.8. The molecule has 0 aliphatic heterocycles. The molecule has 1 heterocycles. The number of aromatic nitrogens is 2. The summed E-state index contributed by atoms with van der Waals surface area (Å²) < 4.78 is 42.5. The van der Waals surface area contributed by atoms with Crippen molar-refractivity contribution in [3.8, 4) is 28.8 Å². The van der Waals surface area contributed by atoms with Crippen LogP contribution in [0.5, 0.6) is 23.1 Å². The fourth-order valence-corrected chi connectivity index (χ4v) is 5.33. The number of ether oxygens (including phenoxy) is 1. The Labute approximate surface area is 290 Å². The van der Waals surface area contributed by atoms with E-state index in [1.54, 1.807) is 6.92 Å². The second kappa shape index (κ2) is 15.0. The van der Waals surface area contributed by atoms with Crippen LogP contribution >= 0.6 is 12.0 Å². The Balaban J connectivity index is 0.00000541. The van der Waals surface area contributed by atoms with Gasteiger partial charge in [0.2, 0.25) is 11.6 Å². The number of phenolic OH excluding ortho intramolecular Hbond substituents is 2. The number of nitrogens with zero attached hydrogens (tertiary/aromatic N) is 6. The Hall–Kier alpha value is -5.12. The SMILES string of the molecule is COc1cc(N=Nc2c(SOOO)cc3ccc(N=Nc4c(C(=O)O)nn(-c5ccc(S(=O)(=O)O)cc5)c4O)cc3c2O)c(O)cc1C.[Cu]. The second-order valence-electron chi connectivity index (χ2n) is 9.62. The molecule has 0 amide bonds. The van der Waals surface area contributed by atoms with E-state index in [0.717, 1.165) is 16.8 Å². The average Bonchev–Trinajstić information content (AvgIpc) is 3.39. The molecule has 5 aromatic rings. The molecule has 259 valence electrons. The molecule has 0 aliphatic rings. The van der Waals surface area contributed by atoms with E-state index in [2.05, 4.69) is 34.9 Å². The third kappa shape index (κ3) is 7.79. The number of methoxy groups -OCH3 is 1. The fourth-order valence-electron chi connectivity index (χ4n) is 4.35. The summed E-state index contributed by atoms with van der Waals surface area (Å²) in [5.74, 6) is -2.54. The third-order valence-corrected chi connectivity index (χ3v) is 8.11. The van der Waals surface area contributed by atoms with Crippen LogP contribution in [0.2, 0.25) is 0 Å². The Bertz CT molecular complexity index is 2230. The minimum Gasteiger partial charge on any atom is -0.506 e. The van der Waals surface area contributed by atoms with Gasteiger partial charge in [0.1, 0.15) is 22.9 Å². The zero-order valence-corrected chi connectivity index (χ0v) is 27.3. The number of aromatic hydroxyl groups is 3. The summed E-state index contributed by atoms with van der Waals surface area (Å²) in [5, 5.41) is 74.8. The van der Waals surface area contributed by atoms with Gasteiger partial charge in [-0.3, -0.25) is 4.55 Å². The van der Waals surface area contributed by atoms with E-state index in [4.69, 9.17) is 9.99 Å². The van der Waals surface area contributed by atoms with Gasteiger partial charge in [0.05, 0.1) is 40.3 Å². The fraction of sp³-hybridized carbons (Fsp3) is 0.0714. The number of rotatable bonds is 11. The first kappa shape index (κ1) is 36.7. The van der Waals surface area contributed by atoms with Gasteiger partial charge in [-0.05, 0) is 66.4 Å². The molecule has 1 radical (unpaired) electrons. The van der Waals surface area contributed by atoms with Crippen molar-refractivity contribution >= 4 is 61.7 Å². The molecule has 0 spiro atoms. The quantitative estimate of drug-likeness (QED) is 0.0205. The Morgan fingerprint density at radius 2 is 1.63 bits per heavy atom. The molecule has 0 saturated carbocycles. The van der Waals surface area contributed by atoms with E-state index in [0.29, 0.717) is 28.7 Å². The number of hydrogen-bond acceptors (Lipinski definition) is 16. The van der Waals surface area contributed by atoms with Gasteiger partial charge in [-0.1, -0.05) is 11.1 Å². The van der Waals surface area contributed by atoms with Crippen LogP contribution in [0.1, 0.15) is 16.1 Å². The summed E-state index contributed by atoms with van der Waals surface area (Å²) in [6.07, 6.45) is 0. The zero-order chi connectivity index (χ0) is 34.7. The van der Waals surface area contributed by atoms with Gasteiger partial charge in [0.15, 0.2) is 11.4 Å². The molecule has 0 fully saturated rings. The van der Waals surface area contributed by atoms with Gasteiger partial charge in [-0.2, -0.15) is 23.3 Å². The number of fused-ring (bicyclic) bond motifs is 1. The zero-order valence-electron chi connectivity index (χ0n) is 24.7. The molecule has 0 bridgehead atoms. The molecule has 6 N–H and O–H groups in total. The topological polar surface area (TPSA) is 268 Å². The van der Waals surface area contributed by atoms with Crippen LogP contribution in [0.4, 0.5) is 22.7 Å². The molecule has 5 rings (SSSR count). The van der Waals surface area contributed by atoms with E-state index in [1.807, 2.05) is 0 Å². The number of carboxylic acid groups (broad SMARTS) is 1. The number of hydrogen-bond donors (Lipinski definition) is 6. The van der Waals surface area contributed by atoms with Gasteiger partial charge < -0.3 is 25.2 Å². The molecule has 21 heteroatoms. The minimum atomic E-state index is -4.50. The summed E-state index contributed by atoms with van der Waals surface area (Å²) in [4.78, 5) is 11.6. The number of carboxylic acids is 1. The molecule has 0 unspecified atom stereocenters. The number of azo groups is 2. The van der Waals surface area contributed by atoms with Crippen LogP contribution in [0.25, 0.3) is 16.5 Å². The van der Waals surface area contributed by atoms with E-state index in [1.165, 1.54) is 55.6 Å². The van der Waals surface area contributed by atoms with E-state index in [-0.39, 0.29) is 55.8 Å². The first-order valence-corrected chi connectivity index (χ1v) is 15.3. The maximum atomic E-state index is 11.9. The Morgan fingerprint density at radius 1 is 0.939 bits per heavy atom. The van der Waals surface area contributed by atoms with Crippen LogP contribution in [-0.4, -0.2) is 61.5 Å². The predicted octanol–water partition coefficient (Wildman–Crippen LogP) is 6.66. The van der Waals surface area contributed by atoms with Crippen molar-refractivity contribution in [2.24, 2.45) is 20.5 Å². The number of aromatic carboxylic acids is 1. The van der Waals surface area contributed by atoms with Crippen molar-refractivity contribution in [2.75, 3.05) is 7.11 Å². The number of aryl methyl sites for hydroxylation is 1. The standard InChI is InChI=1S/C28H22N6O12S2.Cu/c1-13-9-20(35)19(12-21(13)44-2)30-31-23-22(47-46-45-40)10-14-3-4-15(11-18(14)26(23)36)29-32-24-25(28(38)39)33-34(27(24)37)16-5-7-17(8-6-16)48(41,42)43;/h3-12,35-37,40H,1-2H3,(H,38,39)(H,41,42,43);. The van der Waals surface area contributed by atoms with E-state index < -0.39 is 44.0 Å². The molecule has 1 aromatic heterocycles. The molecule has 0 saturated heterocycles. The molecular formula is C28H22CuN6O12S2. The molecule has 49 heavy (non-hydrogen) atoms. The van der Waals surface area contributed by atoms with Gasteiger partial charge in [0, 0.05) is 28.5 Å². The van der Waals surface area contributed by atoms with E-state index in [9.17, 15) is 38.2 Å². The van der Waals surface area contributed by atoms with Crippen molar-refractivity contribution in [2.45, 2.75) is 16.7 Å². The third-order valence-electron chi connectivity index (χ3n) is 6.62. The number of carbonyl (C=O) groups is 1. The summed E-state index contributed by atoms with van der Waals surface area (Å²) in [6, 6.07) is 13.1. The van der Waals surface area contributed by atoms with Crippen LogP contribution in [0.3, 0.4) is 0 Å². The van der Waals surface area contributed by atoms with Crippen molar-refractivity contribution in [3.63, 3.8) is 0 Å². The summed E-state index contributed by atoms with van der Waals surface area (Å²) in [6.45, 7) is 1.72. The van der Waals surface area contributed by atoms with Crippen molar-refractivity contribution < 1.29 is 74.6 Å². The number of phenols is 2. The molecular weight excluding hydrogens is 740 g/mol. The molecule has 4 aromatic carbocycles. The van der Waals surface area contributed by atoms with Gasteiger partial charge in [-0.15, -0.1) is 19.7 Å². The minimum absolute atomic E-state index is 0. The summed E-state index contributed by atoms with van der Waals surface area (Å²) >= 11 is 0.496. The first-order valence-electron chi connectivity index (χ1n) is 13.1. The average molecular weight is 762 g/mol. The van der Waals surface area contributed by atoms with Crippen LogP contribution in [-0.2, 0) is 36.6 Å². The smallest absolute Gasteiger partial charge is 0.358 e. The first-order chi connectivity index (χ1) is 22.8. The molecule has 0 aliphatic carbocycles. The Morgan fingerprint density at radius 3 is 2.27 bits per heavy atom. The van der Waals surface area contributed by atoms with Gasteiger partial charge in [0.25, 0.3) is 10.1 Å². The maximum Gasteiger partial charge on any atom is 0.358 e. The molecule has 18 nitrogen and oxygen atoms in total.